The van der Waals surface area contributed by atoms with E-state index < -0.39 is 0 Å². The summed E-state index contributed by atoms with van der Waals surface area (Å²) < 4.78 is 0.747. The Morgan fingerprint density at radius 2 is 2.33 bits per heavy atom. The van der Waals surface area contributed by atoms with Gasteiger partial charge in [0.2, 0.25) is 0 Å². The fourth-order valence-electron chi connectivity index (χ4n) is 1.41. The molecule has 0 spiro atoms. The maximum Gasteiger partial charge on any atom is 0.252 e. The molecule has 80 valence electrons. The Bertz CT molecular complexity index is 346. The molecule has 0 unspecified atom stereocenters. The van der Waals surface area contributed by atoms with Gasteiger partial charge in [0.05, 0.1) is 5.56 Å². The number of halogens is 1. The van der Waals surface area contributed by atoms with Crippen LogP contribution in [0, 0.1) is 5.92 Å². The van der Waals surface area contributed by atoms with E-state index in [1.165, 1.54) is 12.8 Å². The third-order valence-electron chi connectivity index (χ3n) is 2.52. The van der Waals surface area contributed by atoms with E-state index in [1.54, 1.807) is 18.3 Å². The molecule has 1 heterocycles. The maximum atomic E-state index is 11.6. The number of carbonyl (C=O) groups excluding carboxylic acids is 1. The molecule has 3 nitrogen and oxygen atoms in total. The first-order chi connectivity index (χ1) is 7.25. The highest BCUT2D eigenvalue weighted by Crippen LogP contribution is 2.31. The standard InChI is InChI=1S/C11H13BrN2O/c12-10-4-3-9(7-14-10)11(15)13-6-5-8-1-2-8/h3-4,7-8H,1-2,5-6H2,(H,13,15). The fourth-order valence-corrected chi connectivity index (χ4v) is 1.64. The van der Waals surface area contributed by atoms with Crippen molar-refractivity contribution in [2.45, 2.75) is 19.3 Å². The first-order valence-electron chi connectivity index (χ1n) is 5.15. The molecule has 0 saturated heterocycles. The lowest BCUT2D eigenvalue weighted by Gasteiger charge is -2.03. The smallest absolute Gasteiger partial charge is 0.252 e. The number of nitrogens with one attached hydrogen (secondary N) is 1. The minimum absolute atomic E-state index is 0.0318. The Hall–Kier alpha value is -0.900. The molecule has 0 aliphatic heterocycles. The molecule has 1 aromatic heterocycles. The van der Waals surface area contributed by atoms with Gasteiger partial charge < -0.3 is 5.32 Å². The second-order valence-corrected chi connectivity index (χ2v) is 4.67. The van der Waals surface area contributed by atoms with Crippen molar-refractivity contribution in [2.75, 3.05) is 6.54 Å². The van der Waals surface area contributed by atoms with Gasteiger partial charge in [-0.25, -0.2) is 4.98 Å². The van der Waals surface area contributed by atoms with Gasteiger partial charge in [0, 0.05) is 12.7 Å². The summed E-state index contributed by atoms with van der Waals surface area (Å²) in [4.78, 5) is 15.6. The average Bonchev–Trinajstić information content (AvgIpc) is 3.02. The second-order valence-electron chi connectivity index (χ2n) is 3.86. The van der Waals surface area contributed by atoms with Crippen LogP contribution in [0.3, 0.4) is 0 Å². The Morgan fingerprint density at radius 1 is 1.53 bits per heavy atom. The Morgan fingerprint density at radius 3 is 2.93 bits per heavy atom. The number of carbonyl (C=O) groups is 1. The molecule has 0 radical (unpaired) electrons. The van der Waals surface area contributed by atoms with Crippen LogP contribution in [0.25, 0.3) is 0 Å². The van der Waals surface area contributed by atoms with Crippen LogP contribution in [0.1, 0.15) is 29.6 Å². The quantitative estimate of drug-likeness (QED) is 0.853. The van der Waals surface area contributed by atoms with Crippen molar-refractivity contribution in [1.29, 1.82) is 0 Å². The summed E-state index contributed by atoms with van der Waals surface area (Å²) in [5.74, 6) is 0.823. The van der Waals surface area contributed by atoms with Crippen molar-refractivity contribution < 1.29 is 4.79 Å². The molecule has 1 aliphatic rings. The zero-order valence-electron chi connectivity index (χ0n) is 8.37. The van der Waals surface area contributed by atoms with E-state index in [1.807, 2.05) is 0 Å². The molecule has 1 aromatic rings. The summed E-state index contributed by atoms with van der Waals surface area (Å²) in [6, 6.07) is 3.54. The van der Waals surface area contributed by atoms with Crippen molar-refractivity contribution in [1.82, 2.24) is 10.3 Å². The van der Waals surface area contributed by atoms with E-state index in [9.17, 15) is 4.79 Å². The molecule has 1 aliphatic carbocycles. The Labute approximate surface area is 97.4 Å². The molecule has 1 amide bonds. The first-order valence-corrected chi connectivity index (χ1v) is 5.95. The zero-order chi connectivity index (χ0) is 10.7. The average molecular weight is 269 g/mol. The number of hydrogen-bond acceptors (Lipinski definition) is 2. The molecule has 0 atom stereocenters. The van der Waals surface area contributed by atoms with E-state index in [-0.39, 0.29) is 5.91 Å². The predicted molar refractivity (Wildman–Crippen MR) is 61.6 cm³/mol. The van der Waals surface area contributed by atoms with Crippen LogP contribution in [0.5, 0.6) is 0 Å². The van der Waals surface area contributed by atoms with E-state index in [2.05, 4.69) is 26.2 Å². The number of aromatic nitrogens is 1. The van der Waals surface area contributed by atoms with Gasteiger partial charge in [-0.1, -0.05) is 12.8 Å². The first kappa shape index (κ1) is 10.6. The van der Waals surface area contributed by atoms with E-state index in [0.29, 0.717) is 5.56 Å². The van der Waals surface area contributed by atoms with Gasteiger partial charge in [-0.15, -0.1) is 0 Å². The van der Waals surface area contributed by atoms with E-state index in [4.69, 9.17) is 0 Å². The highest BCUT2D eigenvalue weighted by Gasteiger charge is 2.20. The van der Waals surface area contributed by atoms with Gasteiger partial charge in [-0.2, -0.15) is 0 Å². The predicted octanol–water partition coefficient (Wildman–Crippen LogP) is 2.37. The summed E-state index contributed by atoms with van der Waals surface area (Å²) in [5, 5.41) is 2.90. The van der Waals surface area contributed by atoms with Gasteiger partial charge in [0.25, 0.3) is 5.91 Å². The van der Waals surface area contributed by atoms with E-state index >= 15 is 0 Å². The van der Waals surface area contributed by atoms with Crippen LogP contribution in [-0.2, 0) is 0 Å². The van der Waals surface area contributed by atoms with Crippen LogP contribution < -0.4 is 5.32 Å². The lowest BCUT2D eigenvalue weighted by molar-refractivity contribution is 0.0952. The summed E-state index contributed by atoms with van der Waals surface area (Å²) in [5.41, 5.74) is 0.619. The van der Waals surface area contributed by atoms with Gasteiger partial charge >= 0.3 is 0 Å². The van der Waals surface area contributed by atoms with Crippen LogP contribution in [0.4, 0.5) is 0 Å². The molecule has 0 bridgehead atoms. The number of pyridine rings is 1. The Balaban J connectivity index is 1.81. The minimum Gasteiger partial charge on any atom is -0.352 e. The van der Waals surface area contributed by atoms with Crippen molar-refractivity contribution in [3.8, 4) is 0 Å². The van der Waals surface area contributed by atoms with Gasteiger partial charge in [0.1, 0.15) is 4.60 Å². The summed E-state index contributed by atoms with van der Waals surface area (Å²) in [6.07, 6.45) is 5.34. The monoisotopic (exact) mass is 268 g/mol. The lowest BCUT2D eigenvalue weighted by atomic mass is 10.2. The molecule has 1 N–H and O–H groups in total. The number of amides is 1. The fraction of sp³-hybridized carbons (Fsp3) is 0.455. The third-order valence-corrected chi connectivity index (χ3v) is 2.99. The topological polar surface area (TPSA) is 42.0 Å². The van der Waals surface area contributed by atoms with E-state index in [0.717, 1.165) is 23.5 Å². The molecule has 0 aromatic carbocycles. The van der Waals surface area contributed by atoms with Crippen molar-refractivity contribution in [2.24, 2.45) is 5.92 Å². The van der Waals surface area contributed by atoms with Gasteiger partial charge in [-0.3, -0.25) is 4.79 Å². The Kier molecular flexibility index (Phi) is 3.36. The minimum atomic E-state index is -0.0318. The van der Waals surface area contributed by atoms with Gasteiger partial charge in [-0.05, 0) is 40.4 Å². The van der Waals surface area contributed by atoms with Crippen molar-refractivity contribution >= 4 is 21.8 Å². The number of hydrogen-bond donors (Lipinski definition) is 1. The lowest BCUT2D eigenvalue weighted by Crippen LogP contribution is -2.24. The van der Waals surface area contributed by atoms with Crippen molar-refractivity contribution in [3.63, 3.8) is 0 Å². The molecule has 15 heavy (non-hydrogen) atoms. The summed E-state index contributed by atoms with van der Waals surface area (Å²) in [7, 11) is 0. The third kappa shape index (κ3) is 3.30. The molecule has 4 heteroatoms. The zero-order valence-corrected chi connectivity index (χ0v) is 9.96. The molecular formula is C11H13BrN2O. The molecule has 2 rings (SSSR count). The van der Waals surface area contributed by atoms with Gasteiger partial charge in [0.15, 0.2) is 0 Å². The molecule has 1 fully saturated rings. The largest absolute Gasteiger partial charge is 0.352 e. The number of rotatable bonds is 4. The molecular weight excluding hydrogens is 256 g/mol. The van der Waals surface area contributed by atoms with Crippen molar-refractivity contribution in [3.05, 3.63) is 28.5 Å². The maximum absolute atomic E-state index is 11.6. The normalized spacial score (nSPS) is 15.0. The van der Waals surface area contributed by atoms with Crippen LogP contribution in [0.15, 0.2) is 22.9 Å². The summed E-state index contributed by atoms with van der Waals surface area (Å²) >= 11 is 3.23. The van der Waals surface area contributed by atoms with Crippen LogP contribution >= 0.6 is 15.9 Å². The number of nitrogens with zero attached hydrogens (tertiary/aromatic N) is 1. The summed E-state index contributed by atoms with van der Waals surface area (Å²) in [6.45, 7) is 0.777. The van der Waals surface area contributed by atoms with Crippen LogP contribution in [0.2, 0.25) is 0 Å². The highest BCUT2D eigenvalue weighted by molar-refractivity contribution is 9.10. The highest BCUT2D eigenvalue weighted by atomic mass is 79.9. The molecule has 1 saturated carbocycles. The van der Waals surface area contributed by atoms with Crippen LogP contribution in [-0.4, -0.2) is 17.4 Å². The second kappa shape index (κ2) is 4.75. The SMILES string of the molecule is O=C(NCCC1CC1)c1ccc(Br)nc1.